The molecule has 0 spiro atoms. The van der Waals surface area contributed by atoms with Gasteiger partial charge in [-0.1, -0.05) is 46.6 Å². The number of nitrogens with one attached hydrogen (secondary N) is 1. The topological polar surface area (TPSA) is 68.0 Å². The summed E-state index contributed by atoms with van der Waals surface area (Å²) in [4.78, 5) is 16.2. The predicted octanol–water partition coefficient (Wildman–Crippen LogP) is 3.90. The lowest BCUT2D eigenvalue weighted by atomic mass is 10.1. The molecule has 7 heteroatoms. The van der Waals surface area contributed by atoms with Gasteiger partial charge in [0, 0.05) is 15.6 Å². The molecule has 3 aromatic rings. The van der Waals surface area contributed by atoms with Gasteiger partial charge in [-0.2, -0.15) is 4.98 Å². The highest BCUT2D eigenvalue weighted by Crippen LogP contribution is 2.19. The van der Waals surface area contributed by atoms with Crippen molar-refractivity contribution in [3.63, 3.8) is 0 Å². The number of hydrogen-bond donors (Lipinski definition) is 1. The number of rotatable bonds is 5. The van der Waals surface area contributed by atoms with Gasteiger partial charge in [0.15, 0.2) is 0 Å². The third-order valence-corrected chi connectivity index (χ3v) is 3.94. The summed E-state index contributed by atoms with van der Waals surface area (Å²) in [6.45, 7) is 0.157. The predicted molar refractivity (Wildman–Crippen MR) is 91.7 cm³/mol. The average molecular weight is 362 g/mol. The van der Waals surface area contributed by atoms with E-state index in [-0.39, 0.29) is 18.9 Å². The molecule has 0 saturated heterocycles. The fraction of sp³-hybridized carbons (Fsp3) is 0.118. The van der Waals surface area contributed by atoms with Crippen LogP contribution in [-0.4, -0.2) is 16.0 Å². The Labute approximate surface area is 148 Å². The van der Waals surface area contributed by atoms with Gasteiger partial charge in [0.25, 0.3) is 0 Å². The minimum absolute atomic E-state index is 0.157. The van der Waals surface area contributed by atoms with Crippen molar-refractivity contribution >= 4 is 29.1 Å². The normalized spacial score (nSPS) is 10.6. The Balaban J connectivity index is 1.58. The first-order valence-electron chi connectivity index (χ1n) is 7.20. The zero-order chi connectivity index (χ0) is 16.9. The molecular weight excluding hydrogens is 349 g/mol. The molecule has 1 heterocycles. The maximum atomic E-state index is 12.0. The molecule has 0 saturated carbocycles. The van der Waals surface area contributed by atoms with Crippen LogP contribution in [0.2, 0.25) is 10.0 Å². The molecule has 24 heavy (non-hydrogen) atoms. The van der Waals surface area contributed by atoms with Gasteiger partial charge in [-0.3, -0.25) is 4.79 Å². The fourth-order valence-corrected chi connectivity index (χ4v) is 2.42. The molecule has 3 rings (SSSR count). The van der Waals surface area contributed by atoms with Crippen LogP contribution < -0.4 is 5.32 Å². The second-order valence-electron chi connectivity index (χ2n) is 5.06. The van der Waals surface area contributed by atoms with Crippen LogP contribution in [0.3, 0.4) is 0 Å². The van der Waals surface area contributed by atoms with Crippen molar-refractivity contribution in [3.8, 4) is 11.4 Å². The van der Waals surface area contributed by atoms with Crippen LogP contribution >= 0.6 is 23.2 Å². The Bertz CT molecular complexity index is 847. The Morgan fingerprint density at radius 1 is 1.08 bits per heavy atom. The second kappa shape index (κ2) is 7.47. The van der Waals surface area contributed by atoms with E-state index in [4.69, 9.17) is 27.7 Å². The van der Waals surface area contributed by atoms with Gasteiger partial charge in [-0.15, -0.1) is 0 Å². The minimum Gasteiger partial charge on any atom is -0.347 e. The van der Waals surface area contributed by atoms with Gasteiger partial charge in [-0.05, 0) is 35.9 Å². The Morgan fingerprint density at radius 2 is 1.83 bits per heavy atom. The van der Waals surface area contributed by atoms with Crippen LogP contribution in [0.15, 0.2) is 53.1 Å². The maximum Gasteiger partial charge on any atom is 0.246 e. The number of hydrogen-bond acceptors (Lipinski definition) is 4. The first-order chi connectivity index (χ1) is 11.6. The molecule has 0 aliphatic rings. The van der Waals surface area contributed by atoms with E-state index in [1.807, 2.05) is 18.2 Å². The summed E-state index contributed by atoms with van der Waals surface area (Å²) >= 11 is 11.9. The van der Waals surface area contributed by atoms with E-state index in [0.29, 0.717) is 21.8 Å². The zero-order valence-corrected chi connectivity index (χ0v) is 14.0. The SMILES string of the molecule is O=C(Cc1ccccc1Cl)NCc1nc(-c2ccc(Cl)cc2)no1. The molecule has 1 amide bonds. The molecule has 5 nitrogen and oxygen atoms in total. The molecule has 0 fully saturated rings. The van der Waals surface area contributed by atoms with E-state index < -0.39 is 0 Å². The van der Waals surface area contributed by atoms with E-state index >= 15 is 0 Å². The third-order valence-electron chi connectivity index (χ3n) is 3.32. The number of carbonyl (C=O) groups is 1. The van der Waals surface area contributed by atoms with Crippen molar-refractivity contribution < 1.29 is 9.32 Å². The van der Waals surface area contributed by atoms with Crippen LogP contribution in [-0.2, 0) is 17.8 Å². The van der Waals surface area contributed by atoms with Gasteiger partial charge >= 0.3 is 0 Å². The maximum absolute atomic E-state index is 12.0. The van der Waals surface area contributed by atoms with Crippen LogP contribution in [0.4, 0.5) is 0 Å². The molecule has 122 valence electrons. The highest BCUT2D eigenvalue weighted by molar-refractivity contribution is 6.31. The summed E-state index contributed by atoms with van der Waals surface area (Å²) in [5.41, 5.74) is 1.56. The summed E-state index contributed by atoms with van der Waals surface area (Å²) in [5, 5.41) is 7.82. The van der Waals surface area contributed by atoms with Crippen molar-refractivity contribution in [3.05, 3.63) is 70.0 Å². The quantitative estimate of drug-likeness (QED) is 0.748. The molecular formula is C17H13Cl2N3O2. The number of amides is 1. The lowest BCUT2D eigenvalue weighted by Gasteiger charge is -2.04. The van der Waals surface area contributed by atoms with Crippen molar-refractivity contribution in [2.45, 2.75) is 13.0 Å². The molecule has 0 aliphatic heterocycles. The van der Waals surface area contributed by atoms with Crippen molar-refractivity contribution in [2.75, 3.05) is 0 Å². The summed E-state index contributed by atoms with van der Waals surface area (Å²) < 4.78 is 5.14. The number of benzene rings is 2. The molecule has 0 radical (unpaired) electrons. The van der Waals surface area contributed by atoms with Crippen LogP contribution in [0.25, 0.3) is 11.4 Å². The standard InChI is InChI=1S/C17H13Cl2N3O2/c18-13-7-5-11(6-8-13)17-21-16(24-22-17)10-20-15(23)9-12-3-1-2-4-14(12)19/h1-8H,9-10H2,(H,20,23). The molecule has 0 unspecified atom stereocenters. The van der Waals surface area contributed by atoms with Crippen molar-refractivity contribution in [1.82, 2.24) is 15.5 Å². The summed E-state index contributed by atoms with van der Waals surface area (Å²) in [6.07, 6.45) is 0.192. The first-order valence-corrected chi connectivity index (χ1v) is 7.96. The Morgan fingerprint density at radius 3 is 2.58 bits per heavy atom. The average Bonchev–Trinajstić information content (AvgIpc) is 3.05. The van der Waals surface area contributed by atoms with E-state index in [1.165, 1.54) is 0 Å². The van der Waals surface area contributed by atoms with Gasteiger partial charge in [0.2, 0.25) is 17.6 Å². The van der Waals surface area contributed by atoms with E-state index in [2.05, 4.69) is 15.5 Å². The zero-order valence-electron chi connectivity index (χ0n) is 12.5. The van der Waals surface area contributed by atoms with Crippen molar-refractivity contribution in [1.29, 1.82) is 0 Å². The lowest BCUT2D eigenvalue weighted by Crippen LogP contribution is -2.24. The Hall–Kier alpha value is -2.37. The van der Waals surface area contributed by atoms with Gasteiger partial charge < -0.3 is 9.84 Å². The smallest absolute Gasteiger partial charge is 0.246 e. The molecule has 2 aromatic carbocycles. The summed E-state index contributed by atoms with van der Waals surface area (Å²) in [6, 6.07) is 14.3. The summed E-state index contributed by atoms with van der Waals surface area (Å²) in [7, 11) is 0. The lowest BCUT2D eigenvalue weighted by molar-refractivity contribution is -0.120. The van der Waals surface area contributed by atoms with Crippen molar-refractivity contribution in [2.24, 2.45) is 0 Å². The third kappa shape index (κ3) is 4.13. The van der Waals surface area contributed by atoms with Crippen LogP contribution in [0, 0.1) is 0 Å². The van der Waals surface area contributed by atoms with Crippen LogP contribution in [0.1, 0.15) is 11.5 Å². The van der Waals surface area contributed by atoms with Crippen LogP contribution in [0.5, 0.6) is 0 Å². The molecule has 0 atom stereocenters. The molecule has 0 bridgehead atoms. The minimum atomic E-state index is -0.172. The fourth-order valence-electron chi connectivity index (χ4n) is 2.09. The van der Waals surface area contributed by atoms with Gasteiger partial charge in [0.1, 0.15) is 0 Å². The second-order valence-corrected chi connectivity index (χ2v) is 5.91. The largest absolute Gasteiger partial charge is 0.347 e. The van der Waals surface area contributed by atoms with E-state index in [1.54, 1.807) is 30.3 Å². The van der Waals surface area contributed by atoms with Gasteiger partial charge in [-0.25, -0.2) is 0 Å². The first kappa shape index (κ1) is 16.5. The molecule has 1 aromatic heterocycles. The number of aromatic nitrogens is 2. The summed E-state index contributed by atoms with van der Waals surface area (Å²) in [5.74, 6) is 0.601. The monoisotopic (exact) mass is 361 g/mol. The highest BCUT2D eigenvalue weighted by atomic mass is 35.5. The van der Waals surface area contributed by atoms with E-state index in [9.17, 15) is 4.79 Å². The van der Waals surface area contributed by atoms with Gasteiger partial charge in [0.05, 0.1) is 13.0 Å². The number of carbonyl (C=O) groups excluding carboxylic acids is 1. The molecule has 0 aliphatic carbocycles. The number of halogens is 2. The number of nitrogens with zero attached hydrogens (tertiary/aromatic N) is 2. The Kier molecular flexibility index (Phi) is 5.13. The highest BCUT2D eigenvalue weighted by Gasteiger charge is 2.11. The molecule has 1 N–H and O–H groups in total. The van der Waals surface area contributed by atoms with E-state index in [0.717, 1.165) is 11.1 Å².